The summed E-state index contributed by atoms with van der Waals surface area (Å²) in [5.74, 6) is 1.28. The molecule has 1 amide bonds. The van der Waals surface area contributed by atoms with E-state index in [1.165, 1.54) is 12.0 Å². The number of piperidine rings is 2. The summed E-state index contributed by atoms with van der Waals surface area (Å²) in [6, 6.07) is 16.7. The van der Waals surface area contributed by atoms with Gasteiger partial charge in [-0.15, -0.1) is 0 Å². The van der Waals surface area contributed by atoms with Crippen LogP contribution in [0.2, 0.25) is 0 Å². The second-order valence-corrected chi connectivity index (χ2v) is 8.91. The Morgan fingerprint density at radius 3 is 2.39 bits per heavy atom. The summed E-state index contributed by atoms with van der Waals surface area (Å²) in [4.78, 5) is 27.2. The Hall–Kier alpha value is -2.95. The summed E-state index contributed by atoms with van der Waals surface area (Å²) < 4.78 is 0. The van der Waals surface area contributed by atoms with Crippen molar-refractivity contribution in [3.05, 3.63) is 54.1 Å². The molecule has 1 aromatic heterocycles. The van der Waals surface area contributed by atoms with Crippen molar-refractivity contribution in [2.45, 2.75) is 39.0 Å². The van der Waals surface area contributed by atoms with Gasteiger partial charge in [0.05, 0.1) is 11.2 Å². The Morgan fingerprint density at radius 2 is 1.65 bits per heavy atom. The van der Waals surface area contributed by atoms with Gasteiger partial charge in [0.2, 0.25) is 11.9 Å². The standard InChI is InChI=1S/C26H30N4O/c1-19-10-11-23-22(18-19)24(20-8-4-2-5-9-20)28-26(27-23)30-16-12-21(13-17-30)25(31)29-14-6-3-7-15-29/h2,4-5,8-11,18,21H,3,6-7,12-17H2,1H3. The molecule has 0 radical (unpaired) electrons. The first kappa shape index (κ1) is 20.0. The number of aromatic nitrogens is 2. The van der Waals surface area contributed by atoms with Gasteiger partial charge < -0.3 is 9.80 Å². The van der Waals surface area contributed by atoms with Crippen LogP contribution in [-0.2, 0) is 4.79 Å². The van der Waals surface area contributed by atoms with E-state index in [2.05, 4.69) is 59.2 Å². The summed E-state index contributed by atoms with van der Waals surface area (Å²) in [7, 11) is 0. The summed E-state index contributed by atoms with van der Waals surface area (Å²) >= 11 is 0. The van der Waals surface area contributed by atoms with E-state index in [1.807, 2.05) is 6.07 Å². The predicted molar refractivity (Wildman–Crippen MR) is 125 cm³/mol. The minimum absolute atomic E-state index is 0.144. The molecule has 0 spiro atoms. The van der Waals surface area contributed by atoms with Gasteiger partial charge >= 0.3 is 0 Å². The maximum absolute atomic E-state index is 12.9. The second kappa shape index (κ2) is 8.66. The van der Waals surface area contributed by atoms with Crippen LogP contribution in [0, 0.1) is 12.8 Å². The number of carbonyl (C=O) groups is 1. The number of hydrogen-bond donors (Lipinski definition) is 0. The Kier molecular flexibility index (Phi) is 5.58. The third kappa shape index (κ3) is 4.14. The minimum Gasteiger partial charge on any atom is -0.342 e. The van der Waals surface area contributed by atoms with Gasteiger partial charge in [0, 0.05) is 43.0 Å². The molecule has 0 atom stereocenters. The number of amides is 1. The Balaban J connectivity index is 1.40. The molecule has 2 aromatic carbocycles. The topological polar surface area (TPSA) is 49.3 Å². The van der Waals surface area contributed by atoms with E-state index in [9.17, 15) is 4.79 Å². The van der Waals surface area contributed by atoms with Gasteiger partial charge in [-0.2, -0.15) is 0 Å². The Labute approximate surface area is 184 Å². The van der Waals surface area contributed by atoms with Crippen LogP contribution in [0.15, 0.2) is 48.5 Å². The summed E-state index contributed by atoms with van der Waals surface area (Å²) in [6.07, 6.45) is 5.32. The molecule has 0 aliphatic carbocycles. The van der Waals surface area contributed by atoms with Gasteiger partial charge in [0.25, 0.3) is 0 Å². The number of fused-ring (bicyclic) bond motifs is 1. The van der Waals surface area contributed by atoms with Crippen molar-refractivity contribution in [3.8, 4) is 11.3 Å². The van der Waals surface area contributed by atoms with Crippen LogP contribution < -0.4 is 4.90 Å². The lowest BCUT2D eigenvalue weighted by Gasteiger charge is -2.35. The predicted octanol–water partition coefficient (Wildman–Crippen LogP) is 4.83. The van der Waals surface area contributed by atoms with Gasteiger partial charge in [0.15, 0.2) is 0 Å². The molecular weight excluding hydrogens is 384 g/mol. The molecule has 160 valence electrons. The molecule has 3 heterocycles. The van der Waals surface area contributed by atoms with Crippen LogP contribution in [0.4, 0.5) is 5.95 Å². The zero-order valence-electron chi connectivity index (χ0n) is 18.3. The molecule has 2 fully saturated rings. The van der Waals surface area contributed by atoms with Crippen molar-refractivity contribution in [1.82, 2.24) is 14.9 Å². The molecule has 5 heteroatoms. The smallest absolute Gasteiger partial charge is 0.226 e. The van der Waals surface area contributed by atoms with Gasteiger partial charge in [-0.1, -0.05) is 42.0 Å². The minimum atomic E-state index is 0.144. The van der Waals surface area contributed by atoms with Crippen LogP contribution >= 0.6 is 0 Å². The maximum Gasteiger partial charge on any atom is 0.226 e. The van der Waals surface area contributed by atoms with Crippen LogP contribution in [0.5, 0.6) is 0 Å². The fourth-order valence-corrected chi connectivity index (χ4v) is 4.89. The summed E-state index contributed by atoms with van der Waals surface area (Å²) in [5, 5.41) is 1.09. The molecule has 5 rings (SSSR count). The van der Waals surface area contributed by atoms with Crippen molar-refractivity contribution in [2.24, 2.45) is 5.92 Å². The molecule has 31 heavy (non-hydrogen) atoms. The molecule has 0 N–H and O–H groups in total. The van der Waals surface area contributed by atoms with Crippen LogP contribution in [0.1, 0.15) is 37.7 Å². The molecule has 0 saturated carbocycles. The molecule has 2 saturated heterocycles. The number of nitrogens with zero attached hydrogens (tertiary/aromatic N) is 4. The van der Waals surface area contributed by atoms with E-state index in [0.29, 0.717) is 5.91 Å². The van der Waals surface area contributed by atoms with Crippen molar-refractivity contribution in [2.75, 3.05) is 31.1 Å². The van der Waals surface area contributed by atoms with E-state index in [1.54, 1.807) is 0 Å². The third-order valence-corrected chi connectivity index (χ3v) is 6.68. The van der Waals surface area contributed by atoms with Gasteiger partial charge in [-0.25, -0.2) is 9.97 Å². The van der Waals surface area contributed by atoms with E-state index >= 15 is 0 Å². The lowest BCUT2D eigenvalue weighted by atomic mass is 9.94. The van der Waals surface area contributed by atoms with E-state index < -0.39 is 0 Å². The largest absolute Gasteiger partial charge is 0.342 e. The van der Waals surface area contributed by atoms with E-state index in [0.717, 1.165) is 80.0 Å². The lowest BCUT2D eigenvalue weighted by Crippen LogP contribution is -2.44. The van der Waals surface area contributed by atoms with Gasteiger partial charge in [-0.3, -0.25) is 4.79 Å². The number of aryl methyl sites for hydroxylation is 1. The first-order valence-corrected chi connectivity index (χ1v) is 11.6. The van der Waals surface area contributed by atoms with Crippen LogP contribution in [0.3, 0.4) is 0 Å². The average Bonchev–Trinajstić information content (AvgIpc) is 2.84. The molecule has 5 nitrogen and oxygen atoms in total. The second-order valence-electron chi connectivity index (χ2n) is 8.91. The quantitative estimate of drug-likeness (QED) is 0.616. The molecule has 2 aliphatic heterocycles. The lowest BCUT2D eigenvalue weighted by molar-refractivity contribution is -0.137. The highest BCUT2D eigenvalue weighted by molar-refractivity contribution is 5.93. The number of hydrogen-bond acceptors (Lipinski definition) is 4. The molecule has 3 aromatic rings. The van der Waals surface area contributed by atoms with Crippen LogP contribution in [-0.4, -0.2) is 47.0 Å². The number of benzene rings is 2. The Bertz CT molecular complexity index is 1070. The summed E-state index contributed by atoms with van der Waals surface area (Å²) in [5.41, 5.74) is 4.27. The SMILES string of the molecule is Cc1ccc2nc(N3CCC(C(=O)N4CCCCC4)CC3)nc(-c3ccccc3)c2c1. The van der Waals surface area contributed by atoms with Crippen molar-refractivity contribution < 1.29 is 4.79 Å². The zero-order valence-corrected chi connectivity index (χ0v) is 18.3. The highest BCUT2D eigenvalue weighted by Gasteiger charge is 2.30. The first-order chi connectivity index (χ1) is 15.2. The van der Waals surface area contributed by atoms with E-state index in [4.69, 9.17) is 9.97 Å². The molecular formula is C26H30N4O. The highest BCUT2D eigenvalue weighted by atomic mass is 16.2. The number of anilines is 1. The normalized spacial score (nSPS) is 17.8. The molecule has 2 aliphatic rings. The number of carbonyl (C=O) groups excluding carboxylic acids is 1. The average molecular weight is 415 g/mol. The fourth-order valence-electron chi connectivity index (χ4n) is 4.89. The van der Waals surface area contributed by atoms with Crippen LogP contribution in [0.25, 0.3) is 22.2 Å². The number of likely N-dealkylation sites (tertiary alicyclic amines) is 1. The van der Waals surface area contributed by atoms with Crippen molar-refractivity contribution in [3.63, 3.8) is 0 Å². The highest BCUT2D eigenvalue weighted by Crippen LogP contribution is 2.31. The van der Waals surface area contributed by atoms with Crippen molar-refractivity contribution >= 4 is 22.8 Å². The third-order valence-electron chi connectivity index (χ3n) is 6.68. The number of rotatable bonds is 3. The fraction of sp³-hybridized carbons (Fsp3) is 0.423. The van der Waals surface area contributed by atoms with Gasteiger partial charge in [0.1, 0.15) is 0 Å². The monoisotopic (exact) mass is 414 g/mol. The maximum atomic E-state index is 12.9. The summed E-state index contributed by atoms with van der Waals surface area (Å²) in [6.45, 7) is 5.64. The molecule has 0 bridgehead atoms. The zero-order chi connectivity index (χ0) is 21.2. The first-order valence-electron chi connectivity index (χ1n) is 11.6. The van der Waals surface area contributed by atoms with Gasteiger partial charge in [-0.05, 0) is 51.2 Å². The van der Waals surface area contributed by atoms with Crippen molar-refractivity contribution in [1.29, 1.82) is 0 Å². The Morgan fingerprint density at radius 1 is 0.903 bits per heavy atom. The van der Waals surface area contributed by atoms with E-state index in [-0.39, 0.29) is 5.92 Å². The molecule has 0 unspecified atom stereocenters.